The summed E-state index contributed by atoms with van der Waals surface area (Å²) in [7, 11) is 0. The Morgan fingerprint density at radius 3 is 2.52 bits per heavy atom. The van der Waals surface area contributed by atoms with Gasteiger partial charge in [-0.3, -0.25) is 4.79 Å². The predicted molar refractivity (Wildman–Crippen MR) is 98.9 cm³/mol. The standard InChI is InChI=1S/C18H12BrClF3N3O/c19-12-3-1-2-11(8-12)9-24-17(27)15-10-25-26(16(15)18(21,22)23)14-6-4-13(20)5-7-14/h1-8,10H,9H2,(H,24,27). The molecule has 1 aromatic heterocycles. The van der Waals surface area contributed by atoms with Gasteiger partial charge in [0.15, 0.2) is 5.69 Å². The molecule has 1 amide bonds. The average molecular weight is 459 g/mol. The number of aromatic nitrogens is 2. The van der Waals surface area contributed by atoms with Crippen molar-refractivity contribution in [3.63, 3.8) is 0 Å². The molecule has 0 saturated carbocycles. The van der Waals surface area contributed by atoms with Crippen molar-refractivity contribution >= 4 is 33.4 Å². The minimum atomic E-state index is -4.77. The highest BCUT2D eigenvalue weighted by Crippen LogP contribution is 2.33. The van der Waals surface area contributed by atoms with E-state index in [4.69, 9.17) is 11.6 Å². The van der Waals surface area contributed by atoms with Crippen LogP contribution in [0, 0.1) is 0 Å². The number of hydrogen-bond acceptors (Lipinski definition) is 2. The Bertz CT molecular complexity index is 971. The van der Waals surface area contributed by atoms with Gasteiger partial charge in [-0.15, -0.1) is 0 Å². The van der Waals surface area contributed by atoms with Gasteiger partial charge in [-0.1, -0.05) is 39.7 Å². The molecule has 9 heteroatoms. The maximum absolute atomic E-state index is 13.6. The summed E-state index contributed by atoms with van der Waals surface area (Å²) in [6.45, 7) is 0.0850. The lowest BCUT2D eigenvalue weighted by atomic mass is 10.2. The Kier molecular flexibility index (Phi) is 5.57. The zero-order chi connectivity index (χ0) is 19.6. The van der Waals surface area contributed by atoms with Crippen LogP contribution in [0.3, 0.4) is 0 Å². The smallest absolute Gasteiger partial charge is 0.348 e. The molecular weight excluding hydrogens is 447 g/mol. The van der Waals surface area contributed by atoms with Gasteiger partial charge >= 0.3 is 6.18 Å². The van der Waals surface area contributed by atoms with E-state index in [9.17, 15) is 18.0 Å². The van der Waals surface area contributed by atoms with E-state index in [-0.39, 0.29) is 12.2 Å². The molecule has 3 aromatic rings. The number of carbonyl (C=O) groups is 1. The van der Waals surface area contributed by atoms with Gasteiger partial charge in [0.25, 0.3) is 5.91 Å². The number of carbonyl (C=O) groups excluding carboxylic acids is 1. The third-order valence-corrected chi connectivity index (χ3v) is 4.44. The van der Waals surface area contributed by atoms with Gasteiger partial charge in [0.1, 0.15) is 0 Å². The first-order valence-corrected chi connectivity index (χ1v) is 8.86. The number of benzene rings is 2. The van der Waals surface area contributed by atoms with Crippen molar-refractivity contribution in [3.8, 4) is 5.69 Å². The third kappa shape index (κ3) is 4.51. The first kappa shape index (κ1) is 19.4. The van der Waals surface area contributed by atoms with Gasteiger partial charge < -0.3 is 5.32 Å². The number of rotatable bonds is 4. The molecule has 0 aliphatic rings. The van der Waals surface area contributed by atoms with Crippen LogP contribution in [-0.4, -0.2) is 15.7 Å². The number of alkyl halides is 3. The lowest BCUT2D eigenvalue weighted by Gasteiger charge is -2.13. The Labute approximate surface area is 166 Å². The zero-order valence-corrected chi connectivity index (χ0v) is 15.9. The second-order valence-corrected chi connectivity index (χ2v) is 6.96. The summed E-state index contributed by atoms with van der Waals surface area (Å²) in [5.41, 5.74) is -0.793. The highest BCUT2D eigenvalue weighted by atomic mass is 79.9. The molecule has 0 bridgehead atoms. The van der Waals surface area contributed by atoms with Gasteiger partial charge in [-0.25, -0.2) is 4.68 Å². The van der Waals surface area contributed by atoms with E-state index < -0.39 is 23.3 Å². The van der Waals surface area contributed by atoms with E-state index in [2.05, 4.69) is 26.3 Å². The predicted octanol–water partition coefficient (Wildman–Crippen LogP) is 5.24. The summed E-state index contributed by atoms with van der Waals surface area (Å²) >= 11 is 9.08. The van der Waals surface area contributed by atoms with Gasteiger partial charge in [-0.05, 0) is 42.0 Å². The van der Waals surface area contributed by atoms with Crippen molar-refractivity contribution in [1.82, 2.24) is 15.1 Å². The maximum Gasteiger partial charge on any atom is 0.434 e. The average Bonchev–Trinajstić information content (AvgIpc) is 3.06. The molecule has 3 rings (SSSR count). The normalized spacial score (nSPS) is 11.4. The second-order valence-electron chi connectivity index (χ2n) is 5.61. The molecule has 0 spiro atoms. The van der Waals surface area contributed by atoms with Crippen molar-refractivity contribution in [2.75, 3.05) is 0 Å². The topological polar surface area (TPSA) is 46.9 Å². The Morgan fingerprint density at radius 1 is 1.19 bits per heavy atom. The number of halogens is 5. The fourth-order valence-corrected chi connectivity index (χ4v) is 3.06. The van der Waals surface area contributed by atoms with E-state index >= 15 is 0 Å². The fraction of sp³-hybridized carbons (Fsp3) is 0.111. The second kappa shape index (κ2) is 7.74. The van der Waals surface area contributed by atoms with Crippen molar-refractivity contribution < 1.29 is 18.0 Å². The van der Waals surface area contributed by atoms with Crippen LogP contribution in [0.5, 0.6) is 0 Å². The summed E-state index contributed by atoms with van der Waals surface area (Å²) < 4.78 is 42.3. The molecule has 2 aromatic carbocycles. The molecule has 0 aliphatic heterocycles. The van der Waals surface area contributed by atoms with Crippen LogP contribution in [-0.2, 0) is 12.7 Å². The molecule has 0 fully saturated rings. The molecule has 27 heavy (non-hydrogen) atoms. The van der Waals surface area contributed by atoms with Crippen LogP contribution in [0.2, 0.25) is 5.02 Å². The summed E-state index contributed by atoms with van der Waals surface area (Å²) in [5, 5.41) is 6.63. The largest absolute Gasteiger partial charge is 0.434 e. The molecule has 0 unspecified atom stereocenters. The van der Waals surface area contributed by atoms with Crippen LogP contribution in [0.15, 0.2) is 59.2 Å². The Hall–Kier alpha value is -2.32. The monoisotopic (exact) mass is 457 g/mol. The van der Waals surface area contributed by atoms with Crippen LogP contribution >= 0.6 is 27.5 Å². The number of nitrogens with one attached hydrogen (secondary N) is 1. The molecule has 140 valence electrons. The summed E-state index contributed by atoms with van der Waals surface area (Å²) in [5.74, 6) is -0.859. The highest BCUT2D eigenvalue weighted by Gasteiger charge is 2.40. The summed E-state index contributed by atoms with van der Waals surface area (Å²) in [6.07, 6.45) is -3.85. The Balaban J connectivity index is 1.90. The van der Waals surface area contributed by atoms with Gasteiger partial charge in [0.2, 0.25) is 0 Å². The fourth-order valence-electron chi connectivity index (χ4n) is 2.49. The van der Waals surface area contributed by atoms with Crippen molar-refractivity contribution in [2.45, 2.75) is 12.7 Å². The van der Waals surface area contributed by atoms with Crippen molar-refractivity contribution in [1.29, 1.82) is 0 Å². The van der Waals surface area contributed by atoms with E-state index in [0.717, 1.165) is 16.2 Å². The number of hydrogen-bond donors (Lipinski definition) is 1. The molecule has 1 N–H and O–H groups in total. The SMILES string of the molecule is O=C(NCc1cccc(Br)c1)c1cnn(-c2ccc(Cl)cc2)c1C(F)(F)F. The quantitative estimate of drug-likeness (QED) is 0.581. The maximum atomic E-state index is 13.6. The molecule has 4 nitrogen and oxygen atoms in total. The third-order valence-electron chi connectivity index (χ3n) is 3.70. The lowest BCUT2D eigenvalue weighted by molar-refractivity contribution is -0.143. The molecular formula is C18H12BrClF3N3O. The summed E-state index contributed by atoms with van der Waals surface area (Å²) in [4.78, 5) is 12.4. The highest BCUT2D eigenvalue weighted by molar-refractivity contribution is 9.10. The van der Waals surface area contributed by atoms with Crippen molar-refractivity contribution in [3.05, 3.63) is 81.0 Å². The first-order valence-electron chi connectivity index (χ1n) is 7.69. The molecule has 0 saturated heterocycles. The summed E-state index contributed by atoms with van der Waals surface area (Å²) in [6, 6.07) is 12.8. The zero-order valence-electron chi connectivity index (χ0n) is 13.6. The van der Waals surface area contributed by atoms with Gasteiger partial charge in [0, 0.05) is 16.0 Å². The van der Waals surface area contributed by atoms with Crippen LogP contribution in [0.4, 0.5) is 13.2 Å². The van der Waals surface area contributed by atoms with Gasteiger partial charge in [-0.2, -0.15) is 18.3 Å². The minimum Gasteiger partial charge on any atom is -0.348 e. The molecule has 0 radical (unpaired) electrons. The Morgan fingerprint density at radius 2 is 1.89 bits per heavy atom. The first-order chi connectivity index (χ1) is 12.8. The van der Waals surface area contributed by atoms with E-state index in [1.54, 1.807) is 18.2 Å². The van der Waals surface area contributed by atoms with Crippen LogP contribution < -0.4 is 5.32 Å². The van der Waals surface area contributed by atoms with E-state index in [1.807, 2.05) is 6.07 Å². The van der Waals surface area contributed by atoms with Crippen molar-refractivity contribution in [2.24, 2.45) is 0 Å². The molecule has 0 atom stereocenters. The van der Waals surface area contributed by atoms with Gasteiger partial charge in [0.05, 0.1) is 17.4 Å². The van der Waals surface area contributed by atoms with E-state index in [0.29, 0.717) is 9.70 Å². The molecule has 0 aliphatic carbocycles. The minimum absolute atomic E-state index is 0.0850. The van der Waals surface area contributed by atoms with E-state index in [1.165, 1.54) is 24.3 Å². The van der Waals surface area contributed by atoms with Crippen LogP contribution in [0.1, 0.15) is 21.6 Å². The van der Waals surface area contributed by atoms with Crippen LogP contribution in [0.25, 0.3) is 5.69 Å². The molecule has 1 heterocycles. The number of nitrogens with zero attached hydrogens (tertiary/aromatic N) is 2. The number of amides is 1. The lowest BCUT2D eigenvalue weighted by Crippen LogP contribution is -2.26.